The van der Waals surface area contributed by atoms with E-state index in [-0.39, 0.29) is 17.9 Å². The van der Waals surface area contributed by atoms with Crippen molar-refractivity contribution < 1.29 is 4.79 Å². The highest BCUT2D eigenvalue weighted by atomic mass is 16.2. The van der Waals surface area contributed by atoms with E-state index in [4.69, 9.17) is 5.73 Å². The largest absolute Gasteiger partial charge is 0.327 e. The maximum atomic E-state index is 12.6. The highest BCUT2D eigenvalue weighted by molar-refractivity contribution is 6.02. The van der Waals surface area contributed by atoms with Gasteiger partial charge < -0.3 is 11.1 Å². The van der Waals surface area contributed by atoms with Gasteiger partial charge in [0.25, 0.3) is 0 Å². The Morgan fingerprint density at radius 3 is 3.00 bits per heavy atom. The number of fused-ring (bicyclic) bond motifs is 3. The van der Waals surface area contributed by atoms with Crippen LogP contribution in [-0.4, -0.2) is 22.1 Å². The van der Waals surface area contributed by atoms with Crippen LogP contribution in [0.2, 0.25) is 0 Å². The van der Waals surface area contributed by atoms with Gasteiger partial charge in [0.15, 0.2) is 0 Å². The van der Waals surface area contributed by atoms with Gasteiger partial charge in [0.2, 0.25) is 5.91 Å². The number of rotatable bonds is 2. The molecule has 4 N–H and O–H groups in total. The summed E-state index contributed by atoms with van der Waals surface area (Å²) in [5.74, 6) is 1.05. The molecule has 4 atom stereocenters. The first-order valence-corrected chi connectivity index (χ1v) is 7.22. The highest BCUT2D eigenvalue weighted by Gasteiger charge is 2.49. The van der Waals surface area contributed by atoms with Crippen molar-refractivity contribution in [3.05, 3.63) is 24.4 Å². The van der Waals surface area contributed by atoms with Gasteiger partial charge in [-0.3, -0.25) is 9.89 Å². The summed E-state index contributed by atoms with van der Waals surface area (Å²) in [6.07, 6.45) is 5.19. The molecule has 5 nitrogen and oxygen atoms in total. The minimum absolute atomic E-state index is 0.0253. The van der Waals surface area contributed by atoms with Crippen LogP contribution in [0.1, 0.15) is 19.3 Å². The quantitative estimate of drug-likeness (QED) is 0.779. The van der Waals surface area contributed by atoms with Gasteiger partial charge >= 0.3 is 0 Å². The number of carbonyl (C=O) groups excluding carboxylic acids is 1. The van der Waals surface area contributed by atoms with Gasteiger partial charge in [-0.15, -0.1) is 0 Å². The number of nitrogens with zero attached hydrogens (tertiary/aromatic N) is 1. The Morgan fingerprint density at radius 1 is 1.35 bits per heavy atom. The fraction of sp³-hybridized carbons (Fsp3) is 0.467. The van der Waals surface area contributed by atoms with Crippen molar-refractivity contribution in [1.29, 1.82) is 0 Å². The Balaban J connectivity index is 1.60. The fourth-order valence-electron chi connectivity index (χ4n) is 4.02. The van der Waals surface area contributed by atoms with Gasteiger partial charge in [-0.25, -0.2) is 0 Å². The summed E-state index contributed by atoms with van der Waals surface area (Å²) in [6.45, 7) is 0. The van der Waals surface area contributed by atoms with Crippen LogP contribution in [0.5, 0.6) is 0 Å². The Bertz CT molecular complexity index is 663. The third-order valence-corrected chi connectivity index (χ3v) is 5.03. The molecule has 0 saturated heterocycles. The van der Waals surface area contributed by atoms with E-state index in [2.05, 4.69) is 15.5 Å². The van der Waals surface area contributed by atoms with Crippen LogP contribution in [0, 0.1) is 17.8 Å². The average Bonchev–Trinajstić information content (AvgIpc) is 3.13. The van der Waals surface area contributed by atoms with Gasteiger partial charge in [-0.1, -0.05) is 6.07 Å². The molecule has 1 aromatic heterocycles. The Kier molecular flexibility index (Phi) is 2.57. The molecule has 0 spiro atoms. The zero-order valence-corrected chi connectivity index (χ0v) is 11.2. The number of anilines is 1. The number of hydrogen-bond acceptors (Lipinski definition) is 3. The van der Waals surface area contributed by atoms with Crippen LogP contribution in [-0.2, 0) is 4.79 Å². The first kappa shape index (κ1) is 11.9. The topological polar surface area (TPSA) is 83.8 Å². The van der Waals surface area contributed by atoms with Crippen molar-refractivity contribution in [3.63, 3.8) is 0 Å². The highest BCUT2D eigenvalue weighted by Crippen LogP contribution is 2.48. The molecule has 0 aliphatic heterocycles. The van der Waals surface area contributed by atoms with E-state index in [0.29, 0.717) is 11.8 Å². The molecular formula is C15H18N4O. The molecule has 1 aromatic carbocycles. The average molecular weight is 270 g/mol. The number of aromatic nitrogens is 2. The standard InChI is InChI=1S/C15H18N4O/c16-14-9-5-4-8(6-9)13(14)15(20)18-11-2-1-3-12-10(11)7-17-19-12/h1-3,7-9,13-14H,4-6,16H2,(H,17,19)(H,18,20). The maximum absolute atomic E-state index is 12.6. The lowest BCUT2D eigenvalue weighted by Crippen LogP contribution is -2.42. The minimum Gasteiger partial charge on any atom is -0.327 e. The molecule has 1 heterocycles. The van der Waals surface area contributed by atoms with Crippen LogP contribution in [0.3, 0.4) is 0 Å². The van der Waals surface area contributed by atoms with E-state index in [1.54, 1.807) is 6.20 Å². The summed E-state index contributed by atoms with van der Waals surface area (Å²) < 4.78 is 0. The fourth-order valence-corrected chi connectivity index (χ4v) is 4.02. The lowest BCUT2D eigenvalue weighted by molar-refractivity contribution is -0.121. The van der Waals surface area contributed by atoms with Crippen molar-refractivity contribution in [2.75, 3.05) is 5.32 Å². The van der Waals surface area contributed by atoms with E-state index in [1.165, 1.54) is 6.42 Å². The van der Waals surface area contributed by atoms with E-state index in [9.17, 15) is 4.79 Å². The van der Waals surface area contributed by atoms with Gasteiger partial charge in [0, 0.05) is 11.4 Å². The summed E-state index contributed by atoms with van der Waals surface area (Å²) in [4.78, 5) is 12.6. The SMILES string of the molecule is NC1C2CCC(C2)C1C(=O)Nc1cccc2[nH]ncc12. The Hall–Kier alpha value is -1.88. The molecule has 2 aliphatic carbocycles. The summed E-state index contributed by atoms with van der Waals surface area (Å²) in [5, 5.41) is 10.9. The minimum atomic E-state index is -0.0316. The van der Waals surface area contributed by atoms with Crippen LogP contribution < -0.4 is 11.1 Å². The molecular weight excluding hydrogens is 252 g/mol. The Labute approximate surface area is 116 Å². The zero-order valence-electron chi connectivity index (χ0n) is 11.2. The van der Waals surface area contributed by atoms with E-state index < -0.39 is 0 Å². The van der Waals surface area contributed by atoms with Crippen LogP contribution in [0.15, 0.2) is 24.4 Å². The summed E-state index contributed by atoms with van der Waals surface area (Å²) in [6, 6.07) is 5.80. The predicted octanol–water partition coefficient (Wildman–Crippen LogP) is 1.87. The summed E-state index contributed by atoms with van der Waals surface area (Å²) in [7, 11) is 0. The third kappa shape index (κ3) is 1.66. The zero-order chi connectivity index (χ0) is 13.7. The number of nitrogens with two attached hydrogens (primary N) is 1. The van der Waals surface area contributed by atoms with Crippen molar-refractivity contribution >= 4 is 22.5 Å². The molecule has 2 bridgehead atoms. The van der Waals surface area contributed by atoms with Gasteiger partial charge in [0.05, 0.1) is 23.3 Å². The van der Waals surface area contributed by atoms with Gasteiger partial charge in [-0.05, 0) is 43.2 Å². The predicted molar refractivity (Wildman–Crippen MR) is 77.0 cm³/mol. The molecule has 4 rings (SSSR count). The van der Waals surface area contributed by atoms with Crippen molar-refractivity contribution in [1.82, 2.24) is 10.2 Å². The van der Waals surface area contributed by atoms with E-state index >= 15 is 0 Å². The summed E-state index contributed by atoms with van der Waals surface area (Å²) >= 11 is 0. The molecule has 0 radical (unpaired) electrons. The molecule has 20 heavy (non-hydrogen) atoms. The molecule has 5 heteroatoms. The monoisotopic (exact) mass is 270 g/mol. The first-order chi connectivity index (χ1) is 9.74. The second kappa shape index (κ2) is 4.31. The number of nitrogens with one attached hydrogen (secondary N) is 2. The second-order valence-electron chi connectivity index (χ2n) is 6.06. The number of carbonyl (C=O) groups is 1. The second-order valence-corrected chi connectivity index (χ2v) is 6.06. The van der Waals surface area contributed by atoms with Crippen molar-refractivity contribution in [3.8, 4) is 0 Å². The van der Waals surface area contributed by atoms with Crippen LogP contribution >= 0.6 is 0 Å². The lowest BCUT2D eigenvalue weighted by Gasteiger charge is -2.27. The lowest BCUT2D eigenvalue weighted by atomic mass is 9.84. The summed E-state index contributed by atoms with van der Waals surface area (Å²) in [5.41, 5.74) is 7.98. The number of amides is 1. The van der Waals surface area contributed by atoms with E-state index in [0.717, 1.165) is 29.4 Å². The number of aromatic amines is 1. The van der Waals surface area contributed by atoms with Crippen LogP contribution in [0.25, 0.3) is 10.9 Å². The number of H-pyrrole nitrogens is 1. The molecule has 104 valence electrons. The number of benzene rings is 1. The molecule has 2 saturated carbocycles. The van der Waals surface area contributed by atoms with Gasteiger partial charge in [0.1, 0.15) is 0 Å². The molecule has 2 aromatic rings. The smallest absolute Gasteiger partial charge is 0.229 e. The third-order valence-electron chi connectivity index (χ3n) is 5.03. The van der Waals surface area contributed by atoms with Crippen molar-refractivity contribution in [2.24, 2.45) is 23.5 Å². The normalized spacial score (nSPS) is 31.9. The number of hydrogen-bond donors (Lipinski definition) is 3. The first-order valence-electron chi connectivity index (χ1n) is 7.22. The van der Waals surface area contributed by atoms with Crippen LogP contribution in [0.4, 0.5) is 5.69 Å². The molecule has 1 amide bonds. The maximum Gasteiger partial charge on any atom is 0.229 e. The van der Waals surface area contributed by atoms with Crippen molar-refractivity contribution in [2.45, 2.75) is 25.3 Å². The Morgan fingerprint density at radius 2 is 2.20 bits per heavy atom. The molecule has 4 unspecified atom stereocenters. The van der Waals surface area contributed by atoms with Gasteiger partial charge in [-0.2, -0.15) is 5.10 Å². The molecule has 2 fully saturated rings. The molecule has 2 aliphatic rings. The van der Waals surface area contributed by atoms with E-state index in [1.807, 2.05) is 18.2 Å².